The van der Waals surface area contributed by atoms with E-state index >= 15 is 0 Å². The minimum absolute atomic E-state index is 0.0819. The number of hydrogen-bond donors (Lipinski definition) is 1. The molecule has 0 aliphatic carbocycles. The van der Waals surface area contributed by atoms with Crippen LogP contribution in [-0.4, -0.2) is 37.0 Å². The highest BCUT2D eigenvalue weighted by Gasteiger charge is 2.28. The standard InChI is InChI=1S/C9H15N3O4S/c1-6(2)16-7-4-12-9(15-5-7)8(3-11-12)17(10,13)14/h3,6-7H,4-5H2,1-2H3,(H2,10,13,14). The van der Waals surface area contributed by atoms with Gasteiger partial charge in [-0.25, -0.2) is 18.2 Å². The zero-order chi connectivity index (χ0) is 12.6. The normalized spacial score (nSPS) is 20.1. The van der Waals surface area contributed by atoms with Crippen molar-refractivity contribution in [1.82, 2.24) is 9.78 Å². The van der Waals surface area contributed by atoms with Crippen LogP contribution in [0.15, 0.2) is 11.1 Å². The van der Waals surface area contributed by atoms with Gasteiger partial charge in [-0.3, -0.25) is 0 Å². The van der Waals surface area contributed by atoms with Crippen LogP contribution >= 0.6 is 0 Å². The van der Waals surface area contributed by atoms with E-state index in [4.69, 9.17) is 14.6 Å². The van der Waals surface area contributed by atoms with Gasteiger partial charge >= 0.3 is 0 Å². The molecule has 0 aromatic carbocycles. The Morgan fingerprint density at radius 3 is 2.94 bits per heavy atom. The topological polar surface area (TPSA) is 96.4 Å². The molecule has 1 aromatic heterocycles. The molecule has 0 amide bonds. The van der Waals surface area contributed by atoms with Crippen LogP contribution in [0.5, 0.6) is 5.88 Å². The van der Waals surface area contributed by atoms with Gasteiger partial charge < -0.3 is 9.47 Å². The summed E-state index contributed by atoms with van der Waals surface area (Å²) < 4.78 is 34.9. The molecular formula is C9H15N3O4S. The molecule has 8 heteroatoms. The Balaban J connectivity index is 2.22. The molecule has 0 saturated heterocycles. The van der Waals surface area contributed by atoms with Crippen molar-refractivity contribution in [2.75, 3.05) is 6.61 Å². The number of aromatic nitrogens is 2. The van der Waals surface area contributed by atoms with Crippen LogP contribution in [-0.2, 0) is 21.3 Å². The van der Waals surface area contributed by atoms with Crippen molar-refractivity contribution in [2.24, 2.45) is 5.14 Å². The lowest BCUT2D eigenvalue weighted by atomic mass is 10.3. The van der Waals surface area contributed by atoms with Crippen LogP contribution in [0.2, 0.25) is 0 Å². The van der Waals surface area contributed by atoms with Crippen molar-refractivity contribution in [3.63, 3.8) is 0 Å². The summed E-state index contributed by atoms with van der Waals surface area (Å²) in [6.07, 6.45) is 1.15. The Labute approximate surface area is 99.6 Å². The smallest absolute Gasteiger partial charge is 0.245 e. The Bertz CT molecular complexity index is 508. The number of fused-ring (bicyclic) bond motifs is 1. The lowest BCUT2D eigenvalue weighted by Crippen LogP contribution is -2.35. The van der Waals surface area contributed by atoms with Gasteiger partial charge in [0.2, 0.25) is 15.9 Å². The van der Waals surface area contributed by atoms with Gasteiger partial charge in [-0.05, 0) is 13.8 Å². The fourth-order valence-electron chi connectivity index (χ4n) is 1.71. The fraction of sp³-hybridized carbons (Fsp3) is 0.667. The Morgan fingerprint density at radius 1 is 1.65 bits per heavy atom. The monoisotopic (exact) mass is 261 g/mol. The number of nitrogens with zero attached hydrogens (tertiary/aromatic N) is 2. The number of nitrogens with two attached hydrogens (primary N) is 1. The molecule has 0 fully saturated rings. The van der Waals surface area contributed by atoms with Crippen LogP contribution in [0.3, 0.4) is 0 Å². The van der Waals surface area contributed by atoms with E-state index in [9.17, 15) is 8.42 Å². The molecule has 1 unspecified atom stereocenters. The van der Waals surface area contributed by atoms with Crippen LogP contribution in [0, 0.1) is 0 Å². The lowest BCUT2D eigenvalue weighted by Gasteiger charge is -2.26. The summed E-state index contributed by atoms with van der Waals surface area (Å²) in [5, 5.41) is 8.98. The van der Waals surface area contributed by atoms with E-state index in [0.717, 1.165) is 0 Å². The van der Waals surface area contributed by atoms with E-state index in [-0.39, 0.29) is 23.0 Å². The minimum Gasteiger partial charge on any atom is -0.474 e. The third-order valence-corrected chi connectivity index (χ3v) is 3.21. The summed E-state index contributed by atoms with van der Waals surface area (Å²) in [6, 6.07) is 0. The van der Waals surface area contributed by atoms with Gasteiger partial charge in [-0.1, -0.05) is 0 Å². The Kier molecular flexibility index (Phi) is 3.11. The minimum atomic E-state index is -3.79. The second-order valence-corrected chi connectivity index (χ2v) is 5.69. The van der Waals surface area contributed by atoms with Gasteiger partial charge in [-0.2, -0.15) is 5.10 Å². The van der Waals surface area contributed by atoms with Crippen molar-refractivity contribution in [2.45, 2.75) is 37.5 Å². The van der Waals surface area contributed by atoms with Gasteiger partial charge in [0.1, 0.15) is 12.7 Å². The van der Waals surface area contributed by atoms with Crippen molar-refractivity contribution in [1.29, 1.82) is 0 Å². The molecule has 96 valence electrons. The highest BCUT2D eigenvalue weighted by Crippen LogP contribution is 2.26. The Hall–Kier alpha value is -1.12. The van der Waals surface area contributed by atoms with E-state index < -0.39 is 10.0 Å². The molecule has 1 aliphatic heterocycles. The van der Waals surface area contributed by atoms with Gasteiger partial charge in [0.05, 0.1) is 18.8 Å². The Morgan fingerprint density at radius 2 is 2.35 bits per heavy atom. The number of rotatable bonds is 3. The highest BCUT2D eigenvalue weighted by atomic mass is 32.2. The summed E-state index contributed by atoms with van der Waals surface area (Å²) in [5.41, 5.74) is 0. The van der Waals surface area contributed by atoms with Crippen molar-refractivity contribution in [3.8, 4) is 5.88 Å². The van der Waals surface area contributed by atoms with Crippen LogP contribution in [0.4, 0.5) is 0 Å². The molecule has 1 aromatic rings. The summed E-state index contributed by atoms with van der Waals surface area (Å²) in [4.78, 5) is -0.0829. The zero-order valence-corrected chi connectivity index (χ0v) is 10.5. The van der Waals surface area contributed by atoms with Gasteiger partial charge in [0.25, 0.3) is 0 Å². The molecule has 0 bridgehead atoms. The van der Waals surface area contributed by atoms with Crippen LogP contribution < -0.4 is 9.88 Å². The second kappa shape index (κ2) is 4.28. The van der Waals surface area contributed by atoms with E-state index in [2.05, 4.69) is 5.10 Å². The molecule has 1 aliphatic rings. The van der Waals surface area contributed by atoms with E-state index in [1.807, 2.05) is 13.8 Å². The highest BCUT2D eigenvalue weighted by molar-refractivity contribution is 7.89. The van der Waals surface area contributed by atoms with E-state index in [0.29, 0.717) is 13.2 Å². The van der Waals surface area contributed by atoms with Crippen LogP contribution in [0.25, 0.3) is 0 Å². The molecule has 2 rings (SSSR count). The first-order valence-electron chi connectivity index (χ1n) is 5.25. The summed E-state index contributed by atoms with van der Waals surface area (Å²) in [5.74, 6) is 0.191. The molecule has 2 N–H and O–H groups in total. The molecule has 1 atom stereocenters. The third kappa shape index (κ3) is 2.59. The van der Waals surface area contributed by atoms with Crippen molar-refractivity contribution < 1.29 is 17.9 Å². The first-order valence-corrected chi connectivity index (χ1v) is 6.79. The molecule has 0 spiro atoms. The van der Waals surface area contributed by atoms with Crippen LogP contribution in [0.1, 0.15) is 13.8 Å². The van der Waals surface area contributed by atoms with Gasteiger partial charge in [-0.15, -0.1) is 0 Å². The summed E-state index contributed by atoms with van der Waals surface area (Å²) in [6.45, 7) is 4.61. The maximum atomic E-state index is 11.2. The number of hydrogen-bond acceptors (Lipinski definition) is 5. The molecule has 0 radical (unpaired) electrons. The maximum absolute atomic E-state index is 11.2. The largest absolute Gasteiger partial charge is 0.474 e. The summed E-state index contributed by atoms with van der Waals surface area (Å²) >= 11 is 0. The first kappa shape index (κ1) is 12.3. The lowest BCUT2D eigenvalue weighted by molar-refractivity contribution is -0.0444. The number of sulfonamides is 1. The van der Waals surface area contributed by atoms with Gasteiger partial charge in [0, 0.05) is 0 Å². The third-order valence-electron chi connectivity index (χ3n) is 2.31. The zero-order valence-electron chi connectivity index (χ0n) is 9.66. The van der Waals surface area contributed by atoms with E-state index in [1.54, 1.807) is 0 Å². The predicted molar refractivity (Wildman–Crippen MR) is 59.1 cm³/mol. The second-order valence-electron chi connectivity index (χ2n) is 4.16. The quantitative estimate of drug-likeness (QED) is 0.807. The fourth-order valence-corrected chi connectivity index (χ4v) is 2.31. The predicted octanol–water partition coefficient (Wildman–Crippen LogP) is -0.283. The van der Waals surface area contributed by atoms with E-state index in [1.165, 1.54) is 10.9 Å². The maximum Gasteiger partial charge on any atom is 0.245 e. The number of primary sulfonamides is 1. The van der Waals surface area contributed by atoms with Gasteiger partial charge in [0.15, 0.2) is 4.90 Å². The average Bonchev–Trinajstić information content (AvgIpc) is 2.58. The molecule has 0 saturated carbocycles. The molecular weight excluding hydrogens is 246 g/mol. The van der Waals surface area contributed by atoms with Crippen molar-refractivity contribution in [3.05, 3.63) is 6.20 Å². The molecule has 2 heterocycles. The molecule has 7 nitrogen and oxygen atoms in total. The SMILES string of the molecule is CC(C)OC1COc2c(S(N)(=O)=O)cnn2C1. The average molecular weight is 261 g/mol. The molecule has 17 heavy (non-hydrogen) atoms. The summed E-state index contributed by atoms with van der Waals surface area (Å²) in [7, 11) is -3.79. The van der Waals surface area contributed by atoms with Crippen molar-refractivity contribution >= 4 is 10.0 Å². The number of ether oxygens (including phenoxy) is 2. The first-order chi connectivity index (χ1) is 7.88.